The molecule has 1 heterocycles. The van der Waals surface area contributed by atoms with Gasteiger partial charge in [-0.2, -0.15) is 0 Å². The zero-order chi connectivity index (χ0) is 31.6. The highest BCUT2D eigenvalue weighted by atomic mass is 16.5. The smallest absolute Gasteiger partial charge is 0.537 e. The second-order valence-corrected chi connectivity index (χ2v) is 11.4. The van der Waals surface area contributed by atoms with Crippen LogP contribution in [-0.2, 0) is 0 Å². The molecular weight excluding hydrogens is 575 g/mol. The number of anilines is 3. The van der Waals surface area contributed by atoms with Crippen LogP contribution in [0, 0.1) is 0 Å². The molecule has 0 saturated carbocycles. The monoisotopic (exact) mass is 605 g/mol. The van der Waals surface area contributed by atoms with Crippen LogP contribution in [0.3, 0.4) is 0 Å². The maximum absolute atomic E-state index is 9.10. The van der Waals surface area contributed by atoms with Crippen molar-refractivity contribution >= 4 is 46.6 Å². The molecule has 7 aromatic carbocycles. The normalized spacial score (nSPS) is 11.1. The number of fused-ring (bicyclic) bond motifs is 3. The van der Waals surface area contributed by atoms with E-state index >= 15 is 0 Å². The Morgan fingerprint density at radius 3 is 1.57 bits per heavy atom. The van der Waals surface area contributed by atoms with Gasteiger partial charge in [0.2, 0.25) is 0 Å². The number of benzene rings is 7. The van der Waals surface area contributed by atoms with Gasteiger partial charge < -0.3 is 19.1 Å². The Morgan fingerprint density at radius 2 is 0.936 bits per heavy atom. The van der Waals surface area contributed by atoms with Crippen molar-refractivity contribution < 1.29 is 9.68 Å². The van der Waals surface area contributed by atoms with Crippen molar-refractivity contribution in [2.75, 3.05) is 4.90 Å². The summed E-state index contributed by atoms with van der Waals surface area (Å²) in [5.41, 5.74) is 11.2. The molecule has 0 bridgehead atoms. The summed E-state index contributed by atoms with van der Waals surface area (Å²) in [4.78, 5) is 2.22. The van der Waals surface area contributed by atoms with Gasteiger partial charge in [0.05, 0.1) is 11.0 Å². The number of para-hydroxylation sites is 2. The Labute approximate surface area is 274 Å². The number of hydrogen-bond acceptors (Lipinski definition) is 3. The summed E-state index contributed by atoms with van der Waals surface area (Å²) in [6.45, 7) is 0. The molecule has 0 spiro atoms. The quantitative estimate of drug-likeness (QED) is 0.175. The van der Waals surface area contributed by atoms with Crippen LogP contribution in [0.2, 0.25) is 0 Å². The van der Waals surface area contributed by atoms with E-state index in [1.807, 2.05) is 30.3 Å². The molecule has 0 saturated heterocycles. The van der Waals surface area contributed by atoms with Gasteiger partial charge in [-0.05, 0) is 101 Å². The summed E-state index contributed by atoms with van der Waals surface area (Å²) in [5.74, 6) is 0.565. The second kappa shape index (κ2) is 12.4. The molecule has 5 heteroatoms. The van der Waals surface area contributed by atoms with Crippen molar-refractivity contribution in [3.05, 3.63) is 176 Å². The minimum atomic E-state index is 0.565. The van der Waals surface area contributed by atoms with Crippen LogP contribution in [0.4, 0.5) is 17.1 Å². The third-order valence-electron chi connectivity index (χ3n) is 8.66. The van der Waals surface area contributed by atoms with E-state index < -0.39 is 0 Å². The first kappa shape index (κ1) is 28.4. The molecule has 4 nitrogen and oxygen atoms in total. The molecule has 0 unspecified atom stereocenters. The SMILES string of the molecule is O[B]Oc1ccc(N(c2ccc(-c3ccccc3)cc2)c2ccc(-c3ccc4c(c3)c3ccccc3n4-c3ccccc3)cc2)cc1. The van der Waals surface area contributed by atoms with Crippen LogP contribution in [0.15, 0.2) is 176 Å². The summed E-state index contributed by atoms with van der Waals surface area (Å²) >= 11 is 0. The molecule has 0 fully saturated rings. The van der Waals surface area contributed by atoms with Crippen LogP contribution < -0.4 is 9.55 Å². The topological polar surface area (TPSA) is 37.6 Å². The Morgan fingerprint density at radius 1 is 0.447 bits per heavy atom. The van der Waals surface area contributed by atoms with Gasteiger partial charge in [0.25, 0.3) is 0 Å². The molecular formula is C42H30BN2O2. The third-order valence-corrected chi connectivity index (χ3v) is 8.66. The largest absolute Gasteiger partial charge is 0.569 e. The lowest BCUT2D eigenvalue weighted by atomic mass is 10.0. The van der Waals surface area contributed by atoms with Gasteiger partial charge in [-0.3, -0.25) is 0 Å². The fourth-order valence-corrected chi connectivity index (χ4v) is 6.43. The highest BCUT2D eigenvalue weighted by molar-refractivity contribution is 6.17. The summed E-state index contributed by atoms with van der Waals surface area (Å²) < 4.78 is 7.52. The van der Waals surface area contributed by atoms with E-state index in [4.69, 9.17) is 9.68 Å². The summed E-state index contributed by atoms with van der Waals surface area (Å²) in [5, 5.41) is 11.6. The van der Waals surface area contributed by atoms with E-state index in [1.165, 1.54) is 32.9 Å². The molecule has 1 aromatic heterocycles. The molecule has 47 heavy (non-hydrogen) atoms. The summed E-state index contributed by atoms with van der Waals surface area (Å²) in [7, 11) is 0.699. The molecule has 1 radical (unpaired) electrons. The zero-order valence-electron chi connectivity index (χ0n) is 25.6. The van der Waals surface area contributed by atoms with Crippen LogP contribution in [0.1, 0.15) is 0 Å². The Bertz CT molecular complexity index is 2280. The van der Waals surface area contributed by atoms with Gasteiger partial charge in [0, 0.05) is 33.5 Å². The van der Waals surface area contributed by atoms with E-state index in [0.29, 0.717) is 13.4 Å². The van der Waals surface area contributed by atoms with Gasteiger partial charge in [-0.25, -0.2) is 0 Å². The first-order chi connectivity index (χ1) is 23.3. The highest BCUT2D eigenvalue weighted by Crippen LogP contribution is 2.39. The predicted molar refractivity (Wildman–Crippen MR) is 195 cm³/mol. The van der Waals surface area contributed by atoms with Gasteiger partial charge in [0.15, 0.2) is 0 Å². The van der Waals surface area contributed by atoms with Crippen LogP contribution in [-0.4, -0.2) is 17.3 Å². The minimum absolute atomic E-state index is 0.565. The molecule has 0 amide bonds. The molecule has 8 rings (SSSR count). The first-order valence-corrected chi connectivity index (χ1v) is 15.6. The Balaban J connectivity index is 1.18. The third kappa shape index (κ3) is 5.43. The fourth-order valence-electron chi connectivity index (χ4n) is 6.43. The van der Waals surface area contributed by atoms with Crippen LogP contribution >= 0.6 is 0 Å². The minimum Gasteiger partial charge on any atom is -0.537 e. The highest BCUT2D eigenvalue weighted by Gasteiger charge is 2.16. The van der Waals surface area contributed by atoms with Crippen LogP contribution in [0.25, 0.3) is 49.7 Å². The molecule has 1 N–H and O–H groups in total. The Hall–Kier alpha value is -6.04. The number of aromatic nitrogens is 1. The van der Waals surface area contributed by atoms with E-state index in [9.17, 15) is 0 Å². The van der Waals surface area contributed by atoms with Crippen molar-refractivity contribution in [1.82, 2.24) is 4.57 Å². The lowest BCUT2D eigenvalue weighted by Gasteiger charge is -2.26. The first-order valence-electron chi connectivity index (χ1n) is 15.6. The van der Waals surface area contributed by atoms with Crippen molar-refractivity contribution in [3.8, 4) is 33.7 Å². The van der Waals surface area contributed by atoms with E-state index in [-0.39, 0.29) is 0 Å². The standard InChI is InChI=1S/C42H30BN2O2/c46-43-47-38-26-24-37(25-27-38)44(35-20-15-31(16-21-35)30-9-3-1-4-10-30)36-22-17-32(18-23-36)33-19-28-42-40(29-33)39-13-7-8-14-41(39)45(42)34-11-5-2-6-12-34/h1-29,46H. The number of rotatable bonds is 8. The number of hydrogen-bond donors (Lipinski definition) is 1. The molecule has 0 aliphatic heterocycles. The Kier molecular flexibility index (Phi) is 7.50. The molecule has 223 valence electrons. The predicted octanol–water partition coefficient (Wildman–Crippen LogP) is 10.5. The van der Waals surface area contributed by atoms with Crippen molar-refractivity contribution in [2.24, 2.45) is 0 Å². The molecule has 8 aromatic rings. The molecule has 0 aliphatic rings. The van der Waals surface area contributed by atoms with Crippen molar-refractivity contribution in [2.45, 2.75) is 0 Å². The second-order valence-electron chi connectivity index (χ2n) is 11.4. The van der Waals surface area contributed by atoms with Gasteiger partial charge in [-0.15, -0.1) is 0 Å². The maximum Gasteiger partial charge on any atom is 0.569 e. The van der Waals surface area contributed by atoms with Crippen molar-refractivity contribution in [1.29, 1.82) is 0 Å². The van der Waals surface area contributed by atoms with E-state index in [1.54, 1.807) is 0 Å². The molecule has 0 atom stereocenters. The van der Waals surface area contributed by atoms with Crippen molar-refractivity contribution in [3.63, 3.8) is 0 Å². The lowest BCUT2D eigenvalue weighted by Crippen LogP contribution is -2.10. The average molecular weight is 606 g/mol. The average Bonchev–Trinajstić information content (AvgIpc) is 3.48. The number of nitrogens with zero attached hydrogens (tertiary/aromatic N) is 2. The van der Waals surface area contributed by atoms with E-state index in [2.05, 4.69) is 155 Å². The van der Waals surface area contributed by atoms with Crippen LogP contribution in [0.5, 0.6) is 5.75 Å². The lowest BCUT2D eigenvalue weighted by molar-refractivity contribution is 0.454. The van der Waals surface area contributed by atoms with Gasteiger partial charge in [-0.1, -0.05) is 97.1 Å². The van der Waals surface area contributed by atoms with Gasteiger partial charge >= 0.3 is 7.69 Å². The molecule has 0 aliphatic carbocycles. The maximum atomic E-state index is 9.10. The summed E-state index contributed by atoms with van der Waals surface area (Å²) in [6.07, 6.45) is 0. The summed E-state index contributed by atoms with van der Waals surface area (Å²) in [6, 6.07) is 61.3. The van der Waals surface area contributed by atoms with Gasteiger partial charge in [0.1, 0.15) is 5.75 Å². The van der Waals surface area contributed by atoms with E-state index in [0.717, 1.165) is 33.9 Å². The fraction of sp³-hybridized carbons (Fsp3) is 0. The zero-order valence-corrected chi connectivity index (χ0v) is 25.6.